The van der Waals surface area contributed by atoms with Crippen molar-refractivity contribution in [1.82, 2.24) is 0 Å². The van der Waals surface area contributed by atoms with Crippen LogP contribution in [-0.4, -0.2) is 35.5 Å². The van der Waals surface area contributed by atoms with E-state index in [1.165, 1.54) is 25.3 Å². The van der Waals surface area contributed by atoms with E-state index in [0.29, 0.717) is 0 Å². The van der Waals surface area contributed by atoms with E-state index in [9.17, 15) is 26.0 Å². The number of hydrogen-bond acceptors (Lipinski definition) is 6. The molecule has 26 heavy (non-hydrogen) atoms. The van der Waals surface area contributed by atoms with Crippen molar-refractivity contribution in [3.63, 3.8) is 0 Å². The molecule has 0 aliphatic carbocycles. The number of ether oxygens (including phenoxy) is 1. The third-order valence-electron chi connectivity index (χ3n) is 3.37. The summed E-state index contributed by atoms with van der Waals surface area (Å²) >= 11 is 3.04. The fourth-order valence-electron chi connectivity index (χ4n) is 2.21. The van der Waals surface area contributed by atoms with Gasteiger partial charge in [0, 0.05) is 0 Å². The van der Waals surface area contributed by atoms with Crippen molar-refractivity contribution in [2.45, 2.75) is 9.79 Å². The van der Waals surface area contributed by atoms with Crippen molar-refractivity contribution < 1.29 is 30.8 Å². The van der Waals surface area contributed by atoms with Crippen molar-refractivity contribution in [2.75, 3.05) is 12.9 Å². The van der Waals surface area contributed by atoms with Crippen molar-refractivity contribution in [3.8, 4) is 5.75 Å². The van der Waals surface area contributed by atoms with E-state index in [2.05, 4.69) is 15.9 Å². The number of methoxy groups -OCH3 is 1. The van der Waals surface area contributed by atoms with Gasteiger partial charge in [-0.1, -0.05) is 12.1 Å². The molecule has 0 spiro atoms. The monoisotopic (exact) mass is 465 g/mol. The summed E-state index contributed by atoms with van der Waals surface area (Å²) in [5.74, 6) is -3.47. The van der Waals surface area contributed by atoms with Gasteiger partial charge in [0.2, 0.25) is 10.0 Å². The first kappa shape index (κ1) is 20.5. The Morgan fingerprint density at radius 1 is 1.12 bits per heavy atom. The third-order valence-corrected chi connectivity index (χ3v) is 6.76. The minimum Gasteiger partial charge on any atom is -0.492 e. The predicted molar refractivity (Wildman–Crippen MR) is 94.9 cm³/mol. The van der Waals surface area contributed by atoms with E-state index in [1.807, 2.05) is 0 Å². The van der Waals surface area contributed by atoms with Gasteiger partial charge < -0.3 is 4.74 Å². The molecule has 0 bridgehead atoms. The molecule has 0 radical (unpaired) electrons. The number of primary sulfonamides is 1. The van der Waals surface area contributed by atoms with Gasteiger partial charge in [-0.3, -0.25) is 4.79 Å². The summed E-state index contributed by atoms with van der Waals surface area (Å²) in [6.07, 6.45) is 0. The standard InChI is InChI=1S/C15H13BrFNO6S2/c1-24-15-10(16)7-6-9(14(15)17)11(19)8-25(20,21)12-4-2-3-5-13(12)26(18,22)23/h2-7H,8H2,1H3,(H2,18,22,23). The Hall–Kier alpha value is -1.82. The SMILES string of the molecule is COc1c(Br)ccc(C(=O)CS(=O)(=O)c2ccccc2S(N)(=O)=O)c1F. The predicted octanol–water partition coefficient (Wildman–Crippen LogP) is 1.90. The lowest BCUT2D eigenvalue weighted by Crippen LogP contribution is -2.22. The number of rotatable bonds is 6. The van der Waals surface area contributed by atoms with E-state index in [-0.39, 0.29) is 10.2 Å². The molecule has 11 heteroatoms. The smallest absolute Gasteiger partial charge is 0.239 e. The first-order valence-electron chi connectivity index (χ1n) is 6.89. The van der Waals surface area contributed by atoms with Gasteiger partial charge in [-0.15, -0.1) is 0 Å². The highest BCUT2D eigenvalue weighted by molar-refractivity contribution is 9.10. The molecule has 0 aliphatic rings. The average Bonchev–Trinajstić information content (AvgIpc) is 2.54. The van der Waals surface area contributed by atoms with Crippen molar-refractivity contribution in [1.29, 1.82) is 0 Å². The molecule has 0 atom stereocenters. The summed E-state index contributed by atoms with van der Waals surface area (Å²) in [6, 6.07) is 7.04. The third kappa shape index (κ3) is 4.11. The Labute approximate surface area is 158 Å². The number of hydrogen-bond donors (Lipinski definition) is 1. The number of benzene rings is 2. The zero-order valence-electron chi connectivity index (χ0n) is 13.3. The highest BCUT2D eigenvalue weighted by atomic mass is 79.9. The number of halogens is 2. The van der Waals surface area contributed by atoms with Crippen LogP contribution in [0.25, 0.3) is 0 Å². The summed E-state index contributed by atoms with van der Waals surface area (Å²) in [7, 11) is -7.54. The topological polar surface area (TPSA) is 121 Å². The highest BCUT2D eigenvalue weighted by Gasteiger charge is 2.28. The van der Waals surface area contributed by atoms with E-state index in [0.717, 1.165) is 18.2 Å². The number of carbonyl (C=O) groups excluding carboxylic acids is 1. The fraction of sp³-hybridized carbons (Fsp3) is 0.133. The van der Waals surface area contributed by atoms with E-state index in [4.69, 9.17) is 9.88 Å². The van der Waals surface area contributed by atoms with Gasteiger partial charge in [-0.2, -0.15) is 0 Å². The molecule has 0 aromatic heterocycles. The zero-order valence-corrected chi connectivity index (χ0v) is 16.5. The van der Waals surface area contributed by atoms with Crippen LogP contribution in [0.2, 0.25) is 0 Å². The lowest BCUT2D eigenvalue weighted by Gasteiger charge is -2.11. The maximum atomic E-state index is 14.3. The van der Waals surface area contributed by atoms with Gasteiger partial charge in [0.1, 0.15) is 10.6 Å². The molecule has 0 fully saturated rings. The molecular formula is C15H13BrFNO6S2. The van der Waals surface area contributed by atoms with Crippen LogP contribution in [0.3, 0.4) is 0 Å². The van der Waals surface area contributed by atoms with E-state index in [1.54, 1.807) is 0 Å². The van der Waals surface area contributed by atoms with Gasteiger partial charge in [0.05, 0.1) is 22.0 Å². The molecule has 0 aliphatic heterocycles. The van der Waals surface area contributed by atoms with Gasteiger partial charge in [0.25, 0.3) is 0 Å². The maximum absolute atomic E-state index is 14.3. The number of sulfone groups is 1. The average molecular weight is 466 g/mol. The van der Waals surface area contributed by atoms with Gasteiger partial charge in [-0.25, -0.2) is 26.4 Å². The van der Waals surface area contributed by atoms with Crippen LogP contribution in [-0.2, 0) is 19.9 Å². The summed E-state index contributed by atoms with van der Waals surface area (Å²) < 4.78 is 67.6. The minimum atomic E-state index is -4.40. The van der Waals surface area contributed by atoms with Crippen LogP contribution >= 0.6 is 15.9 Å². The summed E-state index contributed by atoms with van der Waals surface area (Å²) in [6.45, 7) is 0. The maximum Gasteiger partial charge on any atom is 0.239 e. The molecule has 140 valence electrons. The van der Waals surface area contributed by atoms with Crippen molar-refractivity contribution >= 4 is 41.6 Å². The van der Waals surface area contributed by atoms with Crippen molar-refractivity contribution in [2.24, 2.45) is 5.14 Å². The Balaban J connectivity index is 2.48. The second-order valence-corrected chi connectivity index (χ2v) is 9.46. The van der Waals surface area contributed by atoms with Crippen LogP contribution in [0, 0.1) is 5.82 Å². The fourth-order valence-corrected chi connectivity index (χ4v) is 5.34. The Bertz CT molecular complexity index is 1080. The molecule has 0 amide bonds. The molecule has 2 rings (SSSR count). The lowest BCUT2D eigenvalue weighted by atomic mass is 10.1. The summed E-state index contributed by atoms with van der Waals surface area (Å²) in [4.78, 5) is 11.1. The molecule has 2 aromatic carbocycles. The molecule has 0 unspecified atom stereocenters. The normalized spacial score (nSPS) is 12.0. The number of sulfonamides is 1. The van der Waals surface area contributed by atoms with Crippen LogP contribution < -0.4 is 9.88 Å². The van der Waals surface area contributed by atoms with Crippen LogP contribution in [0.5, 0.6) is 5.75 Å². The van der Waals surface area contributed by atoms with E-state index >= 15 is 0 Å². The number of ketones is 1. The molecule has 7 nitrogen and oxygen atoms in total. The van der Waals surface area contributed by atoms with Crippen LogP contribution in [0.4, 0.5) is 4.39 Å². The van der Waals surface area contributed by atoms with Crippen LogP contribution in [0.15, 0.2) is 50.7 Å². The molecular weight excluding hydrogens is 453 g/mol. The van der Waals surface area contributed by atoms with Gasteiger partial charge in [-0.05, 0) is 40.2 Å². The lowest BCUT2D eigenvalue weighted by molar-refractivity contribution is 0.101. The Morgan fingerprint density at radius 3 is 2.23 bits per heavy atom. The molecule has 0 saturated heterocycles. The number of Topliss-reactive ketones (excluding diaryl/α,β-unsaturated/α-hetero) is 1. The first-order valence-corrected chi connectivity index (χ1v) is 10.9. The van der Waals surface area contributed by atoms with Gasteiger partial charge >= 0.3 is 0 Å². The summed E-state index contributed by atoms with van der Waals surface area (Å²) in [5, 5.41) is 5.02. The first-order chi connectivity index (χ1) is 12.0. The molecule has 2 aromatic rings. The molecule has 2 N–H and O–H groups in total. The Kier molecular flexibility index (Phi) is 5.85. The zero-order chi connectivity index (χ0) is 19.7. The number of nitrogens with two attached hydrogens (primary N) is 1. The van der Waals surface area contributed by atoms with Crippen LogP contribution in [0.1, 0.15) is 10.4 Å². The largest absolute Gasteiger partial charge is 0.492 e. The van der Waals surface area contributed by atoms with Crippen molar-refractivity contribution in [3.05, 3.63) is 52.3 Å². The quantitative estimate of drug-likeness (QED) is 0.650. The second-order valence-electron chi connectivity index (χ2n) is 5.12. The number of carbonyl (C=O) groups is 1. The second kappa shape index (κ2) is 7.43. The highest BCUT2D eigenvalue weighted by Crippen LogP contribution is 2.31. The summed E-state index contributed by atoms with van der Waals surface area (Å²) in [5.41, 5.74) is -0.498. The molecule has 0 heterocycles. The Morgan fingerprint density at radius 2 is 1.69 bits per heavy atom. The molecule has 0 saturated carbocycles. The van der Waals surface area contributed by atoms with E-state index < -0.39 is 52.6 Å². The minimum absolute atomic E-state index is 0.247. The van der Waals surface area contributed by atoms with Gasteiger partial charge in [0.15, 0.2) is 27.2 Å².